The molecular weight excluding hydrogens is 250 g/mol. The van der Waals surface area contributed by atoms with Crippen molar-refractivity contribution in [3.05, 3.63) is 35.4 Å². The molecule has 0 radical (unpaired) electrons. The number of rotatable bonds is 10. The number of hydrogen-bond acceptors (Lipinski definition) is 2. The molecule has 1 aromatic carbocycles. The Hall–Kier alpha value is -1.35. The number of carboxylic acids is 1. The molecule has 1 rings (SSSR count). The average Bonchev–Trinajstić information content (AvgIpc) is 2.45. The highest BCUT2D eigenvalue weighted by molar-refractivity contribution is 5.87. The number of benzene rings is 1. The number of nitrogens with zero attached hydrogens (tertiary/aromatic N) is 1. The molecule has 1 aromatic rings. The van der Waals surface area contributed by atoms with Crippen LogP contribution in [-0.2, 0) is 6.54 Å². The van der Waals surface area contributed by atoms with E-state index in [2.05, 4.69) is 18.7 Å². The Morgan fingerprint density at radius 2 is 1.60 bits per heavy atom. The van der Waals surface area contributed by atoms with Gasteiger partial charge in [-0.1, -0.05) is 45.2 Å². The van der Waals surface area contributed by atoms with Crippen LogP contribution in [0, 0.1) is 0 Å². The van der Waals surface area contributed by atoms with Crippen LogP contribution in [-0.4, -0.2) is 29.1 Å². The van der Waals surface area contributed by atoms with Gasteiger partial charge in [0, 0.05) is 6.54 Å². The lowest BCUT2D eigenvalue weighted by molar-refractivity contribution is 0.0697. The molecule has 0 aliphatic heterocycles. The molecule has 0 aliphatic rings. The summed E-state index contributed by atoms with van der Waals surface area (Å²) >= 11 is 0. The molecule has 0 fully saturated rings. The summed E-state index contributed by atoms with van der Waals surface area (Å²) in [5, 5.41) is 8.91. The number of hydrogen-bond donors (Lipinski definition) is 1. The maximum absolute atomic E-state index is 10.8. The molecule has 20 heavy (non-hydrogen) atoms. The van der Waals surface area contributed by atoms with Crippen molar-refractivity contribution in [2.24, 2.45) is 0 Å². The molecule has 1 N–H and O–H groups in total. The summed E-state index contributed by atoms with van der Waals surface area (Å²) in [4.78, 5) is 13.3. The third kappa shape index (κ3) is 6.20. The Balaban J connectivity index is 2.55. The van der Waals surface area contributed by atoms with Crippen LogP contribution in [0.5, 0.6) is 0 Å². The predicted octanol–water partition coefficient (Wildman–Crippen LogP) is 4.18. The Labute approximate surface area is 122 Å². The molecule has 112 valence electrons. The van der Waals surface area contributed by atoms with Gasteiger partial charge >= 0.3 is 5.97 Å². The normalized spacial score (nSPS) is 10.9. The topological polar surface area (TPSA) is 40.5 Å². The first-order chi connectivity index (χ1) is 9.67. The van der Waals surface area contributed by atoms with Gasteiger partial charge in [0.1, 0.15) is 0 Å². The molecule has 0 aliphatic carbocycles. The fourth-order valence-electron chi connectivity index (χ4n) is 2.25. The van der Waals surface area contributed by atoms with E-state index in [0.717, 1.165) is 19.6 Å². The minimum Gasteiger partial charge on any atom is -0.478 e. The highest BCUT2D eigenvalue weighted by atomic mass is 16.4. The summed E-state index contributed by atoms with van der Waals surface area (Å²) in [6.07, 6.45) is 6.20. The molecule has 3 nitrogen and oxygen atoms in total. The average molecular weight is 277 g/mol. The van der Waals surface area contributed by atoms with Crippen molar-refractivity contribution in [3.8, 4) is 0 Å². The van der Waals surface area contributed by atoms with Gasteiger partial charge in [-0.2, -0.15) is 0 Å². The van der Waals surface area contributed by atoms with E-state index in [0.29, 0.717) is 5.56 Å². The highest BCUT2D eigenvalue weighted by Crippen LogP contribution is 2.10. The van der Waals surface area contributed by atoms with Gasteiger partial charge in [-0.15, -0.1) is 0 Å². The number of unbranched alkanes of at least 4 members (excludes halogenated alkanes) is 3. The molecule has 0 saturated carbocycles. The second-order valence-corrected chi connectivity index (χ2v) is 5.34. The minimum atomic E-state index is -0.859. The summed E-state index contributed by atoms with van der Waals surface area (Å²) < 4.78 is 0. The number of carboxylic acid groups (broad SMARTS) is 1. The molecule has 0 bridgehead atoms. The predicted molar refractivity (Wildman–Crippen MR) is 83.1 cm³/mol. The first-order valence-corrected chi connectivity index (χ1v) is 7.72. The van der Waals surface area contributed by atoms with Crippen molar-refractivity contribution in [2.45, 2.75) is 52.5 Å². The molecule has 0 saturated heterocycles. The molecule has 0 spiro atoms. The maximum Gasteiger partial charge on any atom is 0.335 e. The van der Waals surface area contributed by atoms with E-state index in [-0.39, 0.29) is 0 Å². The van der Waals surface area contributed by atoms with Gasteiger partial charge in [0.2, 0.25) is 0 Å². The Morgan fingerprint density at radius 3 is 2.15 bits per heavy atom. The summed E-state index contributed by atoms with van der Waals surface area (Å²) in [5.74, 6) is -0.859. The van der Waals surface area contributed by atoms with Gasteiger partial charge in [0.25, 0.3) is 0 Å². The van der Waals surface area contributed by atoms with Crippen molar-refractivity contribution in [1.82, 2.24) is 4.90 Å². The number of carbonyl (C=O) groups is 1. The first kappa shape index (κ1) is 16.7. The van der Waals surface area contributed by atoms with Gasteiger partial charge in [0.05, 0.1) is 5.56 Å². The van der Waals surface area contributed by atoms with Crippen molar-refractivity contribution < 1.29 is 9.90 Å². The van der Waals surface area contributed by atoms with Crippen LogP contribution in [0.2, 0.25) is 0 Å². The first-order valence-electron chi connectivity index (χ1n) is 7.72. The van der Waals surface area contributed by atoms with Crippen LogP contribution in [0.15, 0.2) is 24.3 Å². The lowest BCUT2D eigenvalue weighted by Crippen LogP contribution is -2.25. The van der Waals surface area contributed by atoms with E-state index in [4.69, 9.17) is 5.11 Å². The van der Waals surface area contributed by atoms with Crippen LogP contribution in [0.1, 0.15) is 61.9 Å². The van der Waals surface area contributed by atoms with Gasteiger partial charge in [-0.25, -0.2) is 4.79 Å². The Kier molecular flexibility index (Phi) is 7.97. The Bertz CT molecular complexity index is 386. The van der Waals surface area contributed by atoms with Gasteiger partial charge < -0.3 is 5.11 Å². The molecule has 0 unspecified atom stereocenters. The zero-order chi connectivity index (χ0) is 14.8. The largest absolute Gasteiger partial charge is 0.478 e. The van der Waals surface area contributed by atoms with Crippen LogP contribution in [0.25, 0.3) is 0 Å². The molecule has 3 heteroatoms. The minimum absolute atomic E-state index is 0.361. The fourth-order valence-corrected chi connectivity index (χ4v) is 2.25. The summed E-state index contributed by atoms with van der Waals surface area (Å²) in [5.41, 5.74) is 1.56. The Morgan fingerprint density at radius 1 is 1.00 bits per heavy atom. The highest BCUT2D eigenvalue weighted by Gasteiger charge is 2.07. The maximum atomic E-state index is 10.8. The van der Waals surface area contributed by atoms with Gasteiger partial charge in [0.15, 0.2) is 0 Å². The van der Waals surface area contributed by atoms with Crippen molar-refractivity contribution in [1.29, 1.82) is 0 Å². The van der Waals surface area contributed by atoms with Crippen LogP contribution in [0.4, 0.5) is 0 Å². The van der Waals surface area contributed by atoms with Crippen molar-refractivity contribution in [2.75, 3.05) is 13.1 Å². The van der Waals surface area contributed by atoms with Gasteiger partial charge in [-0.05, 0) is 43.6 Å². The van der Waals surface area contributed by atoms with E-state index in [1.165, 1.54) is 37.7 Å². The van der Waals surface area contributed by atoms with E-state index in [1.54, 1.807) is 12.1 Å². The zero-order valence-corrected chi connectivity index (χ0v) is 12.8. The van der Waals surface area contributed by atoms with Crippen molar-refractivity contribution >= 4 is 5.97 Å². The monoisotopic (exact) mass is 277 g/mol. The molecule has 0 amide bonds. The number of aromatic carboxylic acids is 1. The lowest BCUT2D eigenvalue weighted by atomic mass is 10.1. The van der Waals surface area contributed by atoms with Crippen LogP contribution in [0.3, 0.4) is 0 Å². The fraction of sp³-hybridized carbons (Fsp3) is 0.588. The lowest BCUT2D eigenvalue weighted by Gasteiger charge is -2.22. The standard InChI is InChI=1S/C17H27NO2/c1-3-5-7-13-18(12-6-4-2)14-15-8-10-16(11-9-15)17(19)20/h8-11H,3-7,12-14H2,1-2H3,(H,19,20). The third-order valence-corrected chi connectivity index (χ3v) is 3.51. The molecule has 0 heterocycles. The SMILES string of the molecule is CCCCCN(CCCC)Cc1ccc(C(=O)O)cc1. The summed E-state index contributed by atoms with van der Waals surface area (Å²) in [7, 11) is 0. The summed E-state index contributed by atoms with van der Waals surface area (Å²) in [6, 6.07) is 7.26. The van der Waals surface area contributed by atoms with Gasteiger partial charge in [-0.3, -0.25) is 4.90 Å². The second-order valence-electron chi connectivity index (χ2n) is 5.34. The van der Waals surface area contributed by atoms with E-state index in [9.17, 15) is 4.79 Å². The second kappa shape index (κ2) is 9.54. The molecular formula is C17H27NO2. The quantitative estimate of drug-likeness (QED) is 0.652. The smallest absolute Gasteiger partial charge is 0.335 e. The van der Waals surface area contributed by atoms with E-state index < -0.39 is 5.97 Å². The summed E-state index contributed by atoms with van der Waals surface area (Å²) in [6.45, 7) is 7.62. The van der Waals surface area contributed by atoms with Crippen molar-refractivity contribution in [3.63, 3.8) is 0 Å². The molecule has 0 atom stereocenters. The third-order valence-electron chi connectivity index (χ3n) is 3.51. The van der Waals surface area contributed by atoms with Crippen LogP contribution < -0.4 is 0 Å². The van der Waals surface area contributed by atoms with E-state index >= 15 is 0 Å². The van der Waals surface area contributed by atoms with E-state index in [1.807, 2.05) is 12.1 Å². The molecule has 0 aromatic heterocycles. The van der Waals surface area contributed by atoms with Crippen LogP contribution >= 0.6 is 0 Å². The zero-order valence-electron chi connectivity index (χ0n) is 12.8.